The molecule has 0 spiro atoms. The molecule has 1 aliphatic heterocycles. The van der Waals surface area contributed by atoms with Crippen molar-refractivity contribution < 1.29 is 4.79 Å². The van der Waals surface area contributed by atoms with Gasteiger partial charge in [0.15, 0.2) is 0 Å². The number of amides is 1. The van der Waals surface area contributed by atoms with Crippen LogP contribution >= 0.6 is 0 Å². The third kappa shape index (κ3) is 2.75. The molecule has 0 unspecified atom stereocenters. The average molecular weight is 281 g/mol. The van der Waals surface area contributed by atoms with E-state index in [1.807, 2.05) is 23.1 Å². The van der Waals surface area contributed by atoms with Crippen LogP contribution in [-0.4, -0.2) is 15.8 Å². The van der Waals surface area contributed by atoms with Crippen molar-refractivity contribution in [3.63, 3.8) is 0 Å². The summed E-state index contributed by atoms with van der Waals surface area (Å²) >= 11 is 0. The van der Waals surface area contributed by atoms with Crippen LogP contribution in [0.5, 0.6) is 0 Å². The molecule has 4 nitrogen and oxygen atoms in total. The summed E-state index contributed by atoms with van der Waals surface area (Å²) in [4.78, 5) is 18.8. The Labute approximate surface area is 124 Å². The lowest BCUT2D eigenvalue weighted by Crippen LogP contribution is -2.25. The van der Waals surface area contributed by atoms with Gasteiger partial charge in [-0.3, -0.25) is 4.79 Å². The Morgan fingerprint density at radius 3 is 2.52 bits per heavy atom. The van der Waals surface area contributed by atoms with E-state index >= 15 is 0 Å². The predicted octanol–water partition coefficient (Wildman–Crippen LogP) is 2.77. The third-order valence-electron chi connectivity index (χ3n) is 3.78. The SMILES string of the molecule is CCCc1cc(C(=O)N2Cc3ccccc3C2)cc(N)n1. The normalized spacial score (nSPS) is 13.3. The van der Waals surface area contributed by atoms with Crippen molar-refractivity contribution in [1.82, 2.24) is 9.88 Å². The van der Waals surface area contributed by atoms with Gasteiger partial charge in [0.25, 0.3) is 5.91 Å². The van der Waals surface area contributed by atoms with Gasteiger partial charge in [-0.05, 0) is 29.7 Å². The van der Waals surface area contributed by atoms with Gasteiger partial charge in [0.05, 0.1) is 0 Å². The second-order valence-corrected chi connectivity index (χ2v) is 5.45. The number of aromatic nitrogens is 1. The van der Waals surface area contributed by atoms with Gasteiger partial charge in [-0.25, -0.2) is 4.98 Å². The van der Waals surface area contributed by atoms with E-state index in [2.05, 4.69) is 24.0 Å². The molecule has 108 valence electrons. The Hall–Kier alpha value is -2.36. The van der Waals surface area contributed by atoms with Crippen molar-refractivity contribution in [1.29, 1.82) is 0 Å². The van der Waals surface area contributed by atoms with Gasteiger partial charge in [-0.2, -0.15) is 0 Å². The molecule has 0 saturated heterocycles. The van der Waals surface area contributed by atoms with Crippen molar-refractivity contribution in [3.05, 3.63) is 58.8 Å². The van der Waals surface area contributed by atoms with Crippen LogP contribution < -0.4 is 5.73 Å². The Bertz CT molecular complexity index is 656. The molecule has 1 aliphatic rings. The summed E-state index contributed by atoms with van der Waals surface area (Å²) in [6.45, 7) is 3.42. The number of rotatable bonds is 3. The van der Waals surface area contributed by atoms with Crippen LogP contribution in [-0.2, 0) is 19.5 Å². The number of anilines is 1. The minimum Gasteiger partial charge on any atom is -0.384 e. The predicted molar refractivity (Wildman–Crippen MR) is 82.7 cm³/mol. The van der Waals surface area contributed by atoms with E-state index < -0.39 is 0 Å². The smallest absolute Gasteiger partial charge is 0.254 e. The maximum Gasteiger partial charge on any atom is 0.254 e. The van der Waals surface area contributed by atoms with Crippen LogP contribution in [0.2, 0.25) is 0 Å². The summed E-state index contributed by atoms with van der Waals surface area (Å²) in [6, 6.07) is 11.7. The van der Waals surface area contributed by atoms with Crippen LogP contribution in [0.3, 0.4) is 0 Å². The Morgan fingerprint density at radius 2 is 1.90 bits per heavy atom. The highest BCUT2D eigenvalue weighted by atomic mass is 16.2. The Morgan fingerprint density at radius 1 is 1.24 bits per heavy atom. The van der Waals surface area contributed by atoms with Gasteiger partial charge in [-0.1, -0.05) is 37.6 Å². The second-order valence-electron chi connectivity index (χ2n) is 5.45. The summed E-state index contributed by atoms with van der Waals surface area (Å²) in [7, 11) is 0. The molecule has 4 heteroatoms. The number of carbonyl (C=O) groups excluding carboxylic acids is 1. The van der Waals surface area contributed by atoms with Crippen molar-refractivity contribution in [2.75, 3.05) is 5.73 Å². The molecule has 2 heterocycles. The van der Waals surface area contributed by atoms with E-state index in [0.717, 1.165) is 18.5 Å². The van der Waals surface area contributed by atoms with Crippen molar-refractivity contribution in [2.45, 2.75) is 32.9 Å². The quantitative estimate of drug-likeness (QED) is 0.941. The highest BCUT2D eigenvalue weighted by Gasteiger charge is 2.24. The Balaban J connectivity index is 1.84. The number of benzene rings is 1. The number of pyridine rings is 1. The molecular weight excluding hydrogens is 262 g/mol. The van der Waals surface area contributed by atoms with Crippen molar-refractivity contribution >= 4 is 11.7 Å². The highest BCUT2D eigenvalue weighted by molar-refractivity contribution is 5.95. The molecule has 0 atom stereocenters. The molecule has 2 aromatic rings. The first kappa shape index (κ1) is 13.6. The fourth-order valence-electron chi connectivity index (χ4n) is 2.78. The van der Waals surface area contributed by atoms with Gasteiger partial charge in [0.1, 0.15) is 5.82 Å². The number of fused-ring (bicyclic) bond motifs is 1. The fraction of sp³-hybridized carbons (Fsp3) is 0.294. The maximum absolute atomic E-state index is 12.7. The highest BCUT2D eigenvalue weighted by Crippen LogP contribution is 2.24. The first-order valence-electron chi connectivity index (χ1n) is 7.30. The van der Waals surface area contributed by atoms with E-state index in [0.29, 0.717) is 24.5 Å². The molecular formula is C17H19N3O. The molecule has 1 amide bonds. The summed E-state index contributed by atoms with van der Waals surface area (Å²) in [5.41, 5.74) is 9.80. The molecule has 0 radical (unpaired) electrons. The lowest BCUT2D eigenvalue weighted by atomic mass is 10.1. The molecule has 0 saturated carbocycles. The monoisotopic (exact) mass is 281 g/mol. The van der Waals surface area contributed by atoms with Gasteiger partial charge in [-0.15, -0.1) is 0 Å². The largest absolute Gasteiger partial charge is 0.384 e. The lowest BCUT2D eigenvalue weighted by Gasteiger charge is -2.16. The molecule has 0 bridgehead atoms. The summed E-state index contributed by atoms with van der Waals surface area (Å²) in [6.07, 6.45) is 1.82. The minimum atomic E-state index is 0.0256. The number of nitrogen functional groups attached to an aromatic ring is 1. The van der Waals surface area contributed by atoms with E-state index in [4.69, 9.17) is 5.73 Å². The van der Waals surface area contributed by atoms with Gasteiger partial charge in [0.2, 0.25) is 0 Å². The summed E-state index contributed by atoms with van der Waals surface area (Å²) in [5, 5.41) is 0. The first-order chi connectivity index (χ1) is 10.2. The van der Waals surface area contributed by atoms with Crippen LogP contribution in [0, 0.1) is 0 Å². The van der Waals surface area contributed by atoms with Gasteiger partial charge in [0, 0.05) is 24.3 Å². The molecule has 1 aromatic heterocycles. The van der Waals surface area contributed by atoms with E-state index in [9.17, 15) is 4.79 Å². The van der Waals surface area contributed by atoms with E-state index in [-0.39, 0.29) is 5.91 Å². The van der Waals surface area contributed by atoms with E-state index in [1.54, 1.807) is 6.07 Å². The minimum absolute atomic E-state index is 0.0256. The second kappa shape index (κ2) is 5.56. The van der Waals surface area contributed by atoms with Crippen LogP contribution in [0.4, 0.5) is 5.82 Å². The van der Waals surface area contributed by atoms with Crippen molar-refractivity contribution in [2.24, 2.45) is 0 Å². The maximum atomic E-state index is 12.7. The topological polar surface area (TPSA) is 59.2 Å². The number of nitrogens with two attached hydrogens (primary N) is 1. The van der Waals surface area contributed by atoms with Crippen molar-refractivity contribution in [3.8, 4) is 0 Å². The van der Waals surface area contributed by atoms with Crippen LogP contribution in [0.1, 0.15) is 40.5 Å². The Kier molecular flexibility index (Phi) is 3.60. The molecule has 0 aliphatic carbocycles. The number of hydrogen-bond acceptors (Lipinski definition) is 3. The average Bonchev–Trinajstić information content (AvgIpc) is 2.90. The molecule has 1 aromatic carbocycles. The zero-order valence-electron chi connectivity index (χ0n) is 12.2. The summed E-state index contributed by atoms with van der Waals surface area (Å²) < 4.78 is 0. The van der Waals surface area contributed by atoms with E-state index in [1.165, 1.54) is 11.1 Å². The zero-order chi connectivity index (χ0) is 14.8. The number of aryl methyl sites for hydroxylation is 1. The molecule has 21 heavy (non-hydrogen) atoms. The number of carbonyl (C=O) groups is 1. The number of nitrogens with zero attached hydrogens (tertiary/aromatic N) is 2. The number of hydrogen-bond donors (Lipinski definition) is 1. The van der Waals surface area contributed by atoms with Crippen LogP contribution in [0.15, 0.2) is 36.4 Å². The fourth-order valence-corrected chi connectivity index (χ4v) is 2.78. The third-order valence-corrected chi connectivity index (χ3v) is 3.78. The molecule has 0 fully saturated rings. The molecule has 2 N–H and O–H groups in total. The molecule has 3 rings (SSSR count). The zero-order valence-corrected chi connectivity index (χ0v) is 12.2. The first-order valence-corrected chi connectivity index (χ1v) is 7.30. The summed E-state index contributed by atoms with van der Waals surface area (Å²) in [5.74, 6) is 0.443. The lowest BCUT2D eigenvalue weighted by molar-refractivity contribution is 0.0751. The standard InChI is InChI=1S/C17H19N3O/c1-2-5-15-8-14(9-16(18)19-15)17(21)20-10-12-6-3-4-7-13(12)11-20/h3-4,6-9H,2,5,10-11H2,1H3,(H2,18,19). The van der Waals surface area contributed by atoms with Gasteiger partial charge >= 0.3 is 0 Å². The van der Waals surface area contributed by atoms with Crippen LogP contribution in [0.25, 0.3) is 0 Å². The van der Waals surface area contributed by atoms with Gasteiger partial charge < -0.3 is 10.6 Å².